The van der Waals surface area contributed by atoms with Crippen LogP contribution in [-0.2, 0) is 20.1 Å². The van der Waals surface area contributed by atoms with Gasteiger partial charge in [0.25, 0.3) is 0 Å². The van der Waals surface area contributed by atoms with Crippen LogP contribution < -0.4 is 5.32 Å². The van der Waals surface area contributed by atoms with Gasteiger partial charge in [-0.1, -0.05) is 103 Å². The van der Waals surface area contributed by atoms with E-state index in [0.717, 1.165) is 49.6 Å². The van der Waals surface area contributed by atoms with Crippen molar-refractivity contribution in [3.05, 3.63) is 152 Å². The minimum atomic E-state index is -2.30. The summed E-state index contributed by atoms with van der Waals surface area (Å²) >= 11 is 0. The molecule has 3 heterocycles. The van der Waals surface area contributed by atoms with Gasteiger partial charge >= 0.3 is 0 Å². The molecule has 243 valence electrons. The first-order valence-electron chi connectivity index (χ1n) is 17.2. The van der Waals surface area contributed by atoms with Crippen LogP contribution >= 0.6 is 0 Å². The number of aryl methyl sites for hydroxylation is 1. The molecule has 0 unspecified atom stereocenters. The van der Waals surface area contributed by atoms with Crippen molar-refractivity contribution in [3.8, 4) is 44.8 Å². The Kier molecular flexibility index (Phi) is 8.94. The molecule has 0 atom stereocenters. The quantitative estimate of drug-likeness (QED) is 0.128. The van der Waals surface area contributed by atoms with E-state index in [1.807, 2.05) is 79.1 Å². The Morgan fingerprint density at radius 2 is 1.31 bits per heavy atom. The van der Waals surface area contributed by atoms with Gasteiger partial charge in [0.1, 0.15) is 13.7 Å². The fourth-order valence-corrected chi connectivity index (χ4v) is 6.42. The second-order valence-electron chi connectivity index (χ2n) is 12.4. The number of benzene rings is 5. The van der Waals surface area contributed by atoms with Gasteiger partial charge in [0.15, 0.2) is 0 Å². The van der Waals surface area contributed by atoms with Crippen molar-refractivity contribution in [2.75, 3.05) is 0 Å². The van der Waals surface area contributed by atoms with Crippen molar-refractivity contribution in [2.24, 2.45) is 0 Å². The van der Waals surface area contributed by atoms with Gasteiger partial charge in [-0.05, 0) is 23.5 Å². The van der Waals surface area contributed by atoms with Gasteiger partial charge in [-0.2, -0.15) is 0 Å². The minimum absolute atomic E-state index is 0. The van der Waals surface area contributed by atoms with Crippen LogP contribution in [0, 0.1) is 19.0 Å². The third-order valence-electron chi connectivity index (χ3n) is 8.07. The average molecular weight is 834 g/mol. The van der Waals surface area contributed by atoms with E-state index >= 15 is 0 Å². The average Bonchev–Trinajstić information content (AvgIpc) is 3.55. The van der Waals surface area contributed by atoms with Crippen LogP contribution in [0.1, 0.15) is 9.81 Å². The SMILES string of the molecule is C[Si](C)(C)c1cnc(-c2[c-]cccc2)cn1.[2H]C([2H])([2H])c1cnc(-c2[c-]ccc3c2oc2c(-c4ccc(-c5ccccc5)cc4)cccc23)cn1.[Ir]. The third kappa shape index (κ3) is 7.35. The molecule has 8 rings (SSSR count). The fraction of sp³-hybridized carbons (Fsp3) is 0.0952. The molecule has 49 heavy (non-hydrogen) atoms. The van der Waals surface area contributed by atoms with Gasteiger partial charge in [0, 0.05) is 76.7 Å². The van der Waals surface area contributed by atoms with E-state index in [2.05, 4.69) is 94.2 Å². The first kappa shape index (κ1) is 30.0. The maximum absolute atomic E-state index is 7.52. The van der Waals surface area contributed by atoms with Crippen molar-refractivity contribution in [3.63, 3.8) is 0 Å². The molecular weight excluding hydrogens is 797 g/mol. The number of rotatable bonds is 5. The van der Waals surface area contributed by atoms with Crippen molar-refractivity contribution in [1.82, 2.24) is 19.9 Å². The minimum Gasteiger partial charge on any atom is -0.500 e. The van der Waals surface area contributed by atoms with E-state index < -0.39 is 14.9 Å². The molecule has 0 amide bonds. The molecule has 7 heteroatoms. The number of fused-ring (bicyclic) bond motifs is 3. The second kappa shape index (κ2) is 14.6. The van der Waals surface area contributed by atoms with Gasteiger partial charge in [-0.3, -0.25) is 9.97 Å². The smallest absolute Gasteiger partial charge is 0.128 e. The molecule has 0 N–H and O–H groups in total. The predicted molar refractivity (Wildman–Crippen MR) is 198 cm³/mol. The molecular formula is C42H34IrN4OSi-2. The van der Waals surface area contributed by atoms with E-state index in [4.69, 9.17) is 8.53 Å². The summed E-state index contributed by atoms with van der Waals surface area (Å²) in [7, 11) is -1.34. The Hall–Kier alpha value is -5.07. The molecule has 0 fully saturated rings. The van der Waals surface area contributed by atoms with Crippen LogP contribution in [0.5, 0.6) is 0 Å². The Labute approximate surface area is 305 Å². The number of hydrogen-bond donors (Lipinski definition) is 0. The Bertz CT molecular complexity index is 2410. The van der Waals surface area contributed by atoms with E-state index in [0.29, 0.717) is 16.8 Å². The zero-order chi connectivity index (χ0) is 35.6. The summed E-state index contributed by atoms with van der Waals surface area (Å²) < 4.78 is 29.0. The largest absolute Gasteiger partial charge is 0.500 e. The maximum Gasteiger partial charge on any atom is 0.128 e. The van der Waals surface area contributed by atoms with Gasteiger partial charge in [0.2, 0.25) is 0 Å². The molecule has 0 aliphatic heterocycles. The maximum atomic E-state index is 7.52. The normalized spacial score (nSPS) is 12.3. The van der Waals surface area contributed by atoms with Crippen LogP contribution in [0.25, 0.3) is 66.7 Å². The van der Waals surface area contributed by atoms with E-state index in [1.165, 1.54) is 18.0 Å². The zero-order valence-electron chi connectivity index (χ0n) is 30.2. The molecule has 5 nitrogen and oxygen atoms in total. The summed E-state index contributed by atoms with van der Waals surface area (Å²) in [6.45, 7) is 4.51. The summed E-state index contributed by atoms with van der Waals surface area (Å²) in [5, 5.41) is 3.08. The summed E-state index contributed by atoms with van der Waals surface area (Å²) in [5.41, 5.74) is 8.81. The van der Waals surface area contributed by atoms with Crippen molar-refractivity contribution in [1.29, 1.82) is 0 Å². The van der Waals surface area contributed by atoms with E-state index in [9.17, 15) is 0 Å². The topological polar surface area (TPSA) is 64.7 Å². The molecule has 0 aliphatic carbocycles. The third-order valence-corrected chi connectivity index (χ3v) is 9.87. The van der Waals surface area contributed by atoms with Gasteiger partial charge < -0.3 is 14.4 Å². The molecule has 5 aromatic carbocycles. The molecule has 1 radical (unpaired) electrons. The molecule has 0 spiro atoms. The van der Waals surface area contributed by atoms with Crippen LogP contribution in [0.2, 0.25) is 19.6 Å². The van der Waals surface area contributed by atoms with E-state index in [1.54, 1.807) is 0 Å². The molecule has 8 aromatic rings. The van der Waals surface area contributed by atoms with Crippen molar-refractivity contribution < 1.29 is 28.6 Å². The summed E-state index contributed by atoms with van der Waals surface area (Å²) in [6.07, 6.45) is 6.50. The number of nitrogens with zero attached hydrogens (tertiary/aromatic N) is 4. The second-order valence-corrected chi connectivity index (χ2v) is 17.4. The monoisotopic (exact) mass is 834 g/mol. The number of hydrogen-bond acceptors (Lipinski definition) is 5. The van der Waals surface area contributed by atoms with Crippen LogP contribution in [0.3, 0.4) is 0 Å². The summed E-state index contributed by atoms with van der Waals surface area (Å²) in [6, 6.07) is 42.8. The Morgan fingerprint density at radius 3 is 1.98 bits per heavy atom. The summed E-state index contributed by atoms with van der Waals surface area (Å²) in [5.74, 6) is 0. The zero-order valence-corrected chi connectivity index (χ0v) is 30.6. The first-order chi connectivity index (χ1) is 24.6. The van der Waals surface area contributed by atoms with Crippen LogP contribution in [0.15, 0.2) is 138 Å². The van der Waals surface area contributed by atoms with Gasteiger partial charge in [0.05, 0.1) is 11.3 Å². The molecule has 0 aliphatic rings. The number of para-hydroxylation sites is 1. The number of furan rings is 1. The van der Waals surface area contributed by atoms with Gasteiger partial charge in [-0.25, -0.2) is 0 Å². The van der Waals surface area contributed by atoms with Crippen molar-refractivity contribution in [2.45, 2.75) is 26.5 Å². The van der Waals surface area contributed by atoms with Crippen LogP contribution in [0.4, 0.5) is 0 Å². The Balaban J connectivity index is 0.000000230. The number of aromatic nitrogens is 4. The molecule has 3 aromatic heterocycles. The summed E-state index contributed by atoms with van der Waals surface area (Å²) in [4.78, 5) is 17.4. The Morgan fingerprint density at radius 1 is 0.592 bits per heavy atom. The van der Waals surface area contributed by atoms with Crippen LogP contribution in [-0.4, -0.2) is 28.0 Å². The molecule has 0 saturated heterocycles. The van der Waals surface area contributed by atoms with Gasteiger partial charge in [-0.15, -0.1) is 54.1 Å². The molecule has 0 bridgehead atoms. The first-order valence-corrected chi connectivity index (χ1v) is 19.2. The predicted octanol–water partition coefficient (Wildman–Crippen LogP) is 9.97. The molecule has 0 saturated carbocycles. The van der Waals surface area contributed by atoms with E-state index in [-0.39, 0.29) is 25.8 Å². The van der Waals surface area contributed by atoms with Crippen molar-refractivity contribution >= 4 is 35.3 Å². The standard InChI is InChI=1S/C29H19N2O.C13H15N2Si.Ir/c1-19-17-31-27(18-30-19)26-12-6-11-25-24-10-5-9-23(28(24)32-29(25)26)22-15-13-21(14-16-22)20-7-3-2-4-8-20;1-16(2,3)13-10-14-12(9-15-13)11-7-5-4-6-8-11;/h2-11,13-18H,1H3;4-7,9-10H,1-3H3;/q2*-1;/i1D3;;. The fourth-order valence-electron chi connectivity index (χ4n) is 5.52.